The van der Waals surface area contributed by atoms with Gasteiger partial charge in [-0.1, -0.05) is 13.8 Å². The first kappa shape index (κ1) is 13.3. The molecule has 0 radical (unpaired) electrons. The van der Waals surface area contributed by atoms with Gasteiger partial charge in [-0.05, 0) is 44.9 Å². The predicted octanol–water partition coefficient (Wildman–Crippen LogP) is 2.86. The van der Waals surface area contributed by atoms with E-state index in [1.165, 1.54) is 6.42 Å². The zero-order chi connectivity index (χ0) is 12.1. The van der Waals surface area contributed by atoms with Crippen molar-refractivity contribution >= 4 is 6.03 Å². The van der Waals surface area contributed by atoms with Crippen LogP contribution in [0, 0.1) is 11.8 Å². The minimum Gasteiger partial charge on any atom is -0.335 e. The van der Waals surface area contributed by atoms with E-state index in [0.29, 0.717) is 6.04 Å². The molecular formula is C13H26N2O. The fourth-order valence-electron chi connectivity index (χ4n) is 2.46. The summed E-state index contributed by atoms with van der Waals surface area (Å²) in [7, 11) is 0. The van der Waals surface area contributed by atoms with Gasteiger partial charge in [0.25, 0.3) is 0 Å². The molecule has 3 atom stereocenters. The maximum Gasteiger partial charge on any atom is 0.317 e. The first-order valence-corrected chi connectivity index (χ1v) is 6.63. The molecule has 3 nitrogen and oxygen atoms in total. The number of hydrogen-bond donors (Lipinski definition) is 1. The van der Waals surface area contributed by atoms with Gasteiger partial charge in [-0.15, -0.1) is 0 Å². The maximum absolute atomic E-state index is 11.9. The van der Waals surface area contributed by atoms with Crippen molar-refractivity contribution < 1.29 is 4.79 Å². The van der Waals surface area contributed by atoms with E-state index in [-0.39, 0.29) is 6.03 Å². The summed E-state index contributed by atoms with van der Waals surface area (Å²) in [6, 6.07) is 0.496. The standard InChI is InChI=1S/C13H26N2O/c1-5-15(6-2)13(16)14-12-8-7-10(3)11(4)9-12/h10-12H,5-9H2,1-4H3,(H,14,16). The van der Waals surface area contributed by atoms with Crippen LogP contribution in [0.15, 0.2) is 0 Å². The molecule has 1 saturated carbocycles. The Morgan fingerprint density at radius 2 is 1.81 bits per heavy atom. The highest BCUT2D eigenvalue weighted by Crippen LogP contribution is 2.29. The summed E-state index contributed by atoms with van der Waals surface area (Å²) in [5, 5.41) is 3.16. The highest BCUT2D eigenvalue weighted by atomic mass is 16.2. The van der Waals surface area contributed by atoms with E-state index >= 15 is 0 Å². The molecule has 2 amide bonds. The van der Waals surface area contributed by atoms with Gasteiger partial charge in [0.2, 0.25) is 0 Å². The molecule has 3 unspecified atom stereocenters. The van der Waals surface area contributed by atoms with Crippen molar-refractivity contribution in [2.75, 3.05) is 13.1 Å². The van der Waals surface area contributed by atoms with E-state index in [0.717, 1.165) is 37.8 Å². The molecule has 0 aromatic rings. The van der Waals surface area contributed by atoms with Gasteiger partial charge >= 0.3 is 6.03 Å². The molecule has 1 rings (SSSR count). The van der Waals surface area contributed by atoms with Crippen LogP contribution in [0.25, 0.3) is 0 Å². The minimum atomic E-state index is 0.108. The van der Waals surface area contributed by atoms with Crippen LogP contribution in [0.1, 0.15) is 47.0 Å². The number of nitrogens with zero attached hydrogens (tertiary/aromatic N) is 1. The molecule has 0 aromatic carbocycles. The van der Waals surface area contributed by atoms with Crippen molar-refractivity contribution in [2.24, 2.45) is 11.8 Å². The minimum absolute atomic E-state index is 0.108. The summed E-state index contributed by atoms with van der Waals surface area (Å²) < 4.78 is 0. The van der Waals surface area contributed by atoms with Crippen LogP contribution in [-0.2, 0) is 0 Å². The van der Waals surface area contributed by atoms with Crippen molar-refractivity contribution in [1.82, 2.24) is 10.2 Å². The molecule has 0 heterocycles. The number of carbonyl (C=O) groups is 1. The van der Waals surface area contributed by atoms with Crippen LogP contribution in [0.5, 0.6) is 0 Å². The van der Waals surface area contributed by atoms with Gasteiger partial charge in [0, 0.05) is 19.1 Å². The van der Waals surface area contributed by atoms with Crippen LogP contribution in [0.2, 0.25) is 0 Å². The van der Waals surface area contributed by atoms with Crippen LogP contribution < -0.4 is 5.32 Å². The molecule has 94 valence electrons. The van der Waals surface area contributed by atoms with Crippen molar-refractivity contribution in [1.29, 1.82) is 0 Å². The molecule has 0 saturated heterocycles. The van der Waals surface area contributed by atoms with Gasteiger partial charge in [-0.3, -0.25) is 0 Å². The molecule has 0 aromatic heterocycles. The second kappa shape index (κ2) is 6.12. The molecule has 1 aliphatic carbocycles. The molecule has 1 aliphatic rings. The predicted molar refractivity (Wildman–Crippen MR) is 67.4 cm³/mol. The van der Waals surface area contributed by atoms with Gasteiger partial charge in [0.1, 0.15) is 0 Å². The second-order valence-electron chi connectivity index (χ2n) is 5.09. The molecule has 16 heavy (non-hydrogen) atoms. The average Bonchev–Trinajstić information content (AvgIpc) is 2.25. The van der Waals surface area contributed by atoms with E-state index < -0.39 is 0 Å². The first-order chi connectivity index (χ1) is 7.58. The Bertz CT molecular complexity index is 226. The zero-order valence-electron chi connectivity index (χ0n) is 11.1. The lowest BCUT2D eigenvalue weighted by molar-refractivity contribution is 0.181. The van der Waals surface area contributed by atoms with E-state index in [2.05, 4.69) is 19.2 Å². The monoisotopic (exact) mass is 226 g/mol. The Hall–Kier alpha value is -0.730. The zero-order valence-corrected chi connectivity index (χ0v) is 11.1. The van der Waals surface area contributed by atoms with Gasteiger partial charge in [-0.25, -0.2) is 4.79 Å². The second-order valence-corrected chi connectivity index (χ2v) is 5.09. The van der Waals surface area contributed by atoms with Crippen molar-refractivity contribution in [3.63, 3.8) is 0 Å². The number of hydrogen-bond acceptors (Lipinski definition) is 1. The lowest BCUT2D eigenvalue weighted by Crippen LogP contribution is -2.46. The fraction of sp³-hybridized carbons (Fsp3) is 0.923. The Labute approximate surface area is 99.6 Å². The van der Waals surface area contributed by atoms with Crippen LogP contribution in [0.4, 0.5) is 4.79 Å². The molecule has 0 spiro atoms. The third-order valence-electron chi connectivity index (χ3n) is 3.98. The lowest BCUT2D eigenvalue weighted by atomic mass is 9.79. The third-order valence-corrected chi connectivity index (χ3v) is 3.98. The van der Waals surface area contributed by atoms with Gasteiger partial charge in [0.05, 0.1) is 0 Å². The summed E-state index contributed by atoms with van der Waals surface area (Å²) in [5.74, 6) is 1.54. The average molecular weight is 226 g/mol. The number of rotatable bonds is 3. The Morgan fingerprint density at radius 1 is 1.19 bits per heavy atom. The topological polar surface area (TPSA) is 32.3 Å². The number of urea groups is 1. The number of carbonyl (C=O) groups excluding carboxylic acids is 1. The molecule has 1 N–H and O–H groups in total. The van der Waals surface area contributed by atoms with Gasteiger partial charge in [-0.2, -0.15) is 0 Å². The largest absolute Gasteiger partial charge is 0.335 e. The Morgan fingerprint density at radius 3 is 2.31 bits per heavy atom. The fourth-order valence-corrected chi connectivity index (χ4v) is 2.46. The highest BCUT2D eigenvalue weighted by molar-refractivity contribution is 5.74. The van der Waals surface area contributed by atoms with E-state index in [1.807, 2.05) is 18.7 Å². The molecule has 0 bridgehead atoms. The molecule has 1 fully saturated rings. The Kier molecular flexibility index (Phi) is 5.10. The summed E-state index contributed by atoms with van der Waals surface area (Å²) in [4.78, 5) is 13.7. The van der Waals surface area contributed by atoms with Crippen molar-refractivity contribution in [3.8, 4) is 0 Å². The normalized spacial score (nSPS) is 29.9. The van der Waals surface area contributed by atoms with Crippen LogP contribution in [0.3, 0.4) is 0 Å². The number of amides is 2. The van der Waals surface area contributed by atoms with E-state index in [1.54, 1.807) is 0 Å². The van der Waals surface area contributed by atoms with Gasteiger partial charge in [0.15, 0.2) is 0 Å². The van der Waals surface area contributed by atoms with Crippen LogP contribution >= 0.6 is 0 Å². The summed E-state index contributed by atoms with van der Waals surface area (Å²) in [6.07, 6.45) is 3.51. The van der Waals surface area contributed by atoms with Crippen molar-refractivity contribution in [3.05, 3.63) is 0 Å². The molecule has 3 heteroatoms. The molecule has 0 aliphatic heterocycles. The highest BCUT2D eigenvalue weighted by Gasteiger charge is 2.26. The third kappa shape index (κ3) is 3.39. The van der Waals surface area contributed by atoms with Gasteiger partial charge < -0.3 is 10.2 Å². The van der Waals surface area contributed by atoms with Crippen molar-refractivity contribution in [2.45, 2.75) is 53.0 Å². The molecular weight excluding hydrogens is 200 g/mol. The summed E-state index contributed by atoms with van der Waals surface area (Å²) >= 11 is 0. The number of nitrogens with one attached hydrogen (secondary N) is 1. The first-order valence-electron chi connectivity index (χ1n) is 6.63. The summed E-state index contributed by atoms with van der Waals surface area (Å²) in [5.41, 5.74) is 0. The quantitative estimate of drug-likeness (QED) is 0.788. The smallest absolute Gasteiger partial charge is 0.317 e. The summed E-state index contributed by atoms with van der Waals surface area (Å²) in [6.45, 7) is 10.2. The lowest BCUT2D eigenvalue weighted by Gasteiger charge is -2.33. The van der Waals surface area contributed by atoms with E-state index in [4.69, 9.17) is 0 Å². The van der Waals surface area contributed by atoms with E-state index in [9.17, 15) is 4.79 Å². The SMILES string of the molecule is CCN(CC)C(=O)NC1CCC(C)C(C)C1. The Balaban J connectivity index is 2.40. The maximum atomic E-state index is 11.9. The van der Waals surface area contributed by atoms with Crippen LogP contribution in [-0.4, -0.2) is 30.1 Å².